The van der Waals surface area contributed by atoms with Crippen molar-refractivity contribution < 1.29 is 9.53 Å². The Hall–Kier alpha value is -0.740. The molecule has 19 heavy (non-hydrogen) atoms. The number of ether oxygens (including phenoxy) is 1. The monoisotopic (exact) mass is 288 g/mol. The summed E-state index contributed by atoms with van der Waals surface area (Å²) in [6.45, 7) is 14.0. The molecule has 110 valence electrons. The Morgan fingerprint density at radius 2 is 2.16 bits per heavy atom. The number of carbonyl (C=O) groups excluding carboxylic acids is 1. The molecule has 1 saturated heterocycles. The van der Waals surface area contributed by atoms with E-state index in [-0.39, 0.29) is 12.1 Å². The van der Waals surface area contributed by atoms with Crippen molar-refractivity contribution in [2.45, 2.75) is 45.8 Å². The summed E-state index contributed by atoms with van der Waals surface area (Å²) in [5, 5.41) is 3.61. The molecule has 0 aromatic carbocycles. The van der Waals surface area contributed by atoms with Crippen LogP contribution < -0.4 is 5.32 Å². The van der Waals surface area contributed by atoms with E-state index in [0.717, 1.165) is 19.5 Å². The van der Waals surface area contributed by atoms with Crippen LogP contribution in [0, 0.1) is 5.92 Å². The molecule has 0 unspecified atom stereocenters. The first-order valence-corrected chi connectivity index (χ1v) is 7.10. The average molecular weight is 289 g/mol. The first-order chi connectivity index (χ1) is 8.67. The van der Waals surface area contributed by atoms with Gasteiger partial charge < -0.3 is 10.1 Å². The molecular weight excluding hydrogens is 264 g/mol. The molecule has 1 rings (SSSR count). The van der Waals surface area contributed by atoms with Crippen molar-refractivity contribution in [2.75, 3.05) is 19.6 Å². The van der Waals surface area contributed by atoms with Crippen molar-refractivity contribution in [3.63, 3.8) is 0 Å². The van der Waals surface area contributed by atoms with Gasteiger partial charge in [0, 0.05) is 30.7 Å². The minimum Gasteiger partial charge on any atom is -0.444 e. The smallest absolute Gasteiger partial charge is 0.407 e. The fourth-order valence-electron chi connectivity index (χ4n) is 2.29. The highest BCUT2D eigenvalue weighted by atomic mass is 35.5. The van der Waals surface area contributed by atoms with Crippen molar-refractivity contribution in [1.29, 1.82) is 0 Å². The molecule has 0 radical (unpaired) electrons. The highest BCUT2D eigenvalue weighted by Gasteiger charge is 2.28. The number of carbonyl (C=O) groups is 1. The molecule has 5 heteroatoms. The summed E-state index contributed by atoms with van der Waals surface area (Å²) >= 11 is 5.83. The third-order valence-corrected chi connectivity index (χ3v) is 3.21. The van der Waals surface area contributed by atoms with Crippen LogP contribution in [0.15, 0.2) is 11.6 Å². The molecule has 1 aliphatic rings. The molecule has 0 bridgehead atoms. The minimum absolute atomic E-state index is 0.162. The maximum atomic E-state index is 11.7. The quantitative estimate of drug-likeness (QED) is 0.868. The lowest BCUT2D eigenvalue weighted by molar-refractivity contribution is 0.0447. The van der Waals surface area contributed by atoms with Gasteiger partial charge in [-0.05, 0) is 33.1 Å². The van der Waals surface area contributed by atoms with E-state index < -0.39 is 5.60 Å². The Balaban J connectivity index is 2.41. The number of rotatable bonds is 3. The van der Waals surface area contributed by atoms with Gasteiger partial charge >= 0.3 is 6.09 Å². The van der Waals surface area contributed by atoms with E-state index >= 15 is 0 Å². The molecule has 4 nitrogen and oxygen atoms in total. The standard InChI is InChI=1S/C14H25ClN2O2/c1-10-8-17(9-11(2)15)7-6-12(10)16-13(18)19-14(3,4)5/h10,12H,2,6-9H2,1,3-5H3,(H,16,18)/t10-,12-/m0/s1. The Labute approximate surface area is 121 Å². The number of nitrogens with zero attached hydrogens (tertiary/aromatic N) is 1. The van der Waals surface area contributed by atoms with Gasteiger partial charge in [0.05, 0.1) is 0 Å². The van der Waals surface area contributed by atoms with E-state index in [0.29, 0.717) is 17.5 Å². The van der Waals surface area contributed by atoms with Crippen LogP contribution in [0.1, 0.15) is 34.1 Å². The second kappa shape index (κ2) is 6.62. The molecule has 1 N–H and O–H groups in total. The average Bonchev–Trinajstić information content (AvgIpc) is 2.18. The predicted molar refractivity (Wildman–Crippen MR) is 78.4 cm³/mol. The third kappa shape index (κ3) is 6.30. The van der Waals surface area contributed by atoms with Crippen LogP contribution in [-0.4, -0.2) is 42.3 Å². The topological polar surface area (TPSA) is 41.6 Å². The molecule has 0 aromatic heterocycles. The van der Waals surface area contributed by atoms with E-state index in [2.05, 4.69) is 23.7 Å². The molecule has 2 atom stereocenters. The number of halogens is 1. The summed E-state index contributed by atoms with van der Waals surface area (Å²) in [6, 6.07) is 0.162. The Morgan fingerprint density at radius 1 is 1.53 bits per heavy atom. The van der Waals surface area contributed by atoms with E-state index in [1.807, 2.05) is 20.8 Å². The van der Waals surface area contributed by atoms with E-state index in [1.54, 1.807) is 0 Å². The van der Waals surface area contributed by atoms with Gasteiger partial charge in [0.25, 0.3) is 0 Å². The number of hydrogen-bond acceptors (Lipinski definition) is 3. The maximum absolute atomic E-state index is 11.7. The van der Waals surface area contributed by atoms with Crippen molar-refractivity contribution in [2.24, 2.45) is 5.92 Å². The number of alkyl carbamates (subject to hydrolysis) is 1. The Kier molecular flexibility index (Phi) is 5.68. The number of hydrogen-bond donors (Lipinski definition) is 1. The van der Waals surface area contributed by atoms with Crippen molar-refractivity contribution in [3.05, 3.63) is 11.6 Å². The lowest BCUT2D eigenvalue weighted by Crippen LogP contribution is -2.51. The third-order valence-electron chi connectivity index (χ3n) is 3.09. The summed E-state index contributed by atoms with van der Waals surface area (Å²) < 4.78 is 5.28. The van der Waals surface area contributed by atoms with Crippen LogP contribution in [0.2, 0.25) is 0 Å². The number of amides is 1. The molecule has 1 fully saturated rings. The van der Waals surface area contributed by atoms with Crippen molar-refractivity contribution in [1.82, 2.24) is 10.2 Å². The molecule has 0 aromatic rings. The zero-order valence-electron chi connectivity index (χ0n) is 12.3. The van der Waals surface area contributed by atoms with Crippen molar-refractivity contribution >= 4 is 17.7 Å². The molecule has 1 amide bonds. The maximum Gasteiger partial charge on any atom is 0.407 e. The molecular formula is C14H25ClN2O2. The van der Waals surface area contributed by atoms with E-state index in [1.165, 1.54) is 0 Å². The Morgan fingerprint density at radius 3 is 2.63 bits per heavy atom. The van der Waals surface area contributed by atoms with Gasteiger partial charge in [-0.15, -0.1) is 0 Å². The van der Waals surface area contributed by atoms with Crippen LogP contribution in [-0.2, 0) is 4.74 Å². The second-order valence-electron chi connectivity index (χ2n) is 6.27. The first-order valence-electron chi connectivity index (χ1n) is 6.72. The van der Waals surface area contributed by atoms with Gasteiger partial charge in [-0.2, -0.15) is 0 Å². The zero-order valence-corrected chi connectivity index (χ0v) is 13.1. The lowest BCUT2D eigenvalue weighted by Gasteiger charge is -2.37. The van der Waals surface area contributed by atoms with E-state index in [4.69, 9.17) is 16.3 Å². The van der Waals surface area contributed by atoms with Gasteiger partial charge in [0.1, 0.15) is 5.60 Å². The SMILES string of the molecule is C=C(Cl)CN1CC[C@H](NC(=O)OC(C)(C)C)[C@@H](C)C1. The number of piperidine rings is 1. The lowest BCUT2D eigenvalue weighted by atomic mass is 9.94. The van der Waals surface area contributed by atoms with Gasteiger partial charge in [-0.25, -0.2) is 4.79 Å². The fourth-order valence-corrected chi connectivity index (χ4v) is 2.46. The van der Waals surface area contributed by atoms with Crippen molar-refractivity contribution in [3.8, 4) is 0 Å². The minimum atomic E-state index is -0.454. The summed E-state index contributed by atoms with van der Waals surface area (Å²) in [5.74, 6) is 0.372. The van der Waals surface area contributed by atoms with Crippen LogP contribution in [0.4, 0.5) is 4.79 Å². The Bertz CT molecular complexity index is 339. The van der Waals surface area contributed by atoms with Crippen LogP contribution in [0.5, 0.6) is 0 Å². The van der Waals surface area contributed by atoms with Gasteiger partial charge in [0.15, 0.2) is 0 Å². The normalized spacial score (nSPS) is 24.9. The van der Waals surface area contributed by atoms with Gasteiger partial charge in [-0.3, -0.25) is 4.90 Å². The number of likely N-dealkylation sites (tertiary alicyclic amines) is 1. The van der Waals surface area contributed by atoms with Crippen LogP contribution in [0.25, 0.3) is 0 Å². The summed E-state index contributed by atoms with van der Waals surface area (Å²) in [6.07, 6.45) is 0.574. The largest absolute Gasteiger partial charge is 0.444 e. The summed E-state index contributed by atoms with van der Waals surface area (Å²) in [7, 11) is 0. The number of nitrogens with one attached hydrogen (secondary N) is 1. The predicted octanol–water partition coefficient (Wildman–Crippen LogP) is 2.97. The molecule has 1 heterocycles. The van der Waals surface area contributed by atoms with Crippen LogP contribution >= 0.6 is 11.6 Å². The zero-order chi connectivity index (χ0) is 14.6. The highest BCUT2D eigenvalue weighted by Crippen LogP contribution is 2.19. The molecule has 1 aliphatic heterocycles. The molecule has 0 saturated carbocycles. The highest BCUT2D eigenvalue weighted by molar-refractivity contribution is 6.29. The first kappa shape index (κ1) is 16.3. The van der Waals surface area contributed by atoms with Crippen LogP contribution in [0.3, 0.4) is 0 Å². The summed E-state index contributed by atoms with van der Waals surface area (Å²) in [5.41, 5.74) is -0.454. The van der Waals surface area contributed by atoms with E-state index in [9.17, 15) is 4.79 Å². The van der Waals surface area contributed by atoms with Gasteiger partial charge in [-0.1, -0.05) is 25.1 Å². The second-order valence-corrected chi connectivity index (χ2v) is 6.81. The molecule has 0 spiro atoms. The van der Waals surface area contributed by atoms with Gasteiger partial charge in [0.2, 0.25) is 0 Å². The summed E-state index contributed by atoms with van der Waals surface area (Å²) in [4.78, 5) is 14.0. The fraction of sp³-hybridized carbons (Fsp3) is 0.786. The molecule has 0 aliphatic carbocycles.